The summed E-state index contributed by atoms with van der Waals surface area (Å²) < 4.78 is 35.2. The first-order chi connectivity index (χ1) is 18.2. The fraction of sp³-hybridized carbons (Fsp3) is 0.346. The third-order valence-corrected chi connectivity index (χ3v) is 7.32. The number of piperidine rings is 1. The van der Waals surface area contributed by atoms with Crippen molar-refractivity contribution in [1.82, 2.24) is 20.2 Å². The van der Waals surface area contributed by atoms with E-state index in [9.17, 15) is 27.9 Å². The van der Waals surface area contributed by atoms with Crippen molar-refractivity contribution in [2.24, 2.45) is 0 Å². The number of nitrogens with zero attached hydrogens (tertiary/aromatic N) is 2. The SMILES string of the molecule is Cc1nc2c(N[S+](=O)([O-])c3ccc(CNC(=O)OC(C)(C)C)cc3)cccc2c(=O)n1C1CCC(=O)NC1=O. The molecule has 4 rings (SSSR count). The van der Waals surface area contributed by atoms with Crippen molar-refractivity contribution in [3.8, 4) is 0 Å². The molecule has 0 spiro atoms. The van der Waals surface area contributed by atoms with Crippen molar-refractivity contribution in [2.45, 2.75) is 63.6 Å². The molecule has 2 aromatic carbocycles. The lowest BCUT2D eigenvalue weighted by Gasteiger charge is -2.24. The Hall–Kier alpha value is -4.10. The second-order valence-electron chi connectivity index (χ2n) is 10.1. The van der Waals surface area contributed by atoms with Gasteiger partial charge in [0.1, 0.15) is 28.7 Å². The third kappa shape index (κ3) is 6.32. The second-order valence-corrected chi connectivity index (χ2v) is 11.8. The van der Waals surface area contributed by atoms with Crippen LogP contribution in [-0.4, -0.2) is 37.6 Å². The van der Waals surface area contributed by atoms with E-state index in [4.69, 9.17) is 4.74 Å². The average molecular weight is 556 g/mol. The number of carbonyl (C=O) groups excluding carboxylic acids is 3. The van der Waals surface area contributed by atoms with E-state index in [0.717, 1.165) is 0 Å². The molecule has 3 N–H and O–H groups in total. The number of aryl methyl sites for hydroxylation is 1. The number of ether oxygens (including phenoxy) is 1. The van der Waals surface area contributed by atoms with E-state index < -0.39 is 45.5 Å². The van der Waals surface area contributed by atoms with E-state index >= 15 is 0 Å². The molecule has 39 heavy (non-hydrogen) atoms. The summed E-state index contributed by atoms with van der Waals surface area (Å²) in [6.07, 6.45) is -0.333. The lowest BCUT2D eigenvalue weighted by molar-refractivity contribution is -0.135. The van der Waals surface area contributed by atoms with Gasteiger partial charge in [0.25, 0.3) is 5.56 Å². The van der Waals surface area contributed by atoms with Gasteiger partial charge in [-0.2, -0.15) is 0 Å². The maximum Gasteiger partial charge on any atom is 0.407 e. The van der Waals surface area contributed by atoms with E-state index in [1.165, 1.54) is 34.9 Å². The summed E-state index contributed by atoms with van der Waals surface area (Å²) in [5, 5.41) is 4.96. The molecule has 1 fully saturated rings. The molecule has 2 heterocycles. The van der Waals surface area contributed by atoms with Gasteiger partial charge < -0.3 is 14.6 Å². The Bertz CT molecular complexity index is 1560. The van der Waals surface area contributed by atoms with Crippen molar-refractivity contribution >= 4 is 44.9 Å². The molecule has 0 saturated carbocycles. The largest absolute Gasteiger partial charge is 0.588 e. The molecule has 1 aliphatic rings. The highest BCUT2D eigenvalue weighted by atomic mass is 32.3. The number of benzene rings is 2. The summed E-state index contributed by atoms with van der Waals surface area (Å²) in [5.41, 5.74) is -0.268. The number of para-hydroxylation sites is 1. The van der Waals surface area contributed by atoms with Crippen molar-refractivity contribution in [2.75, 3.05) is 4.72 Å². The summed E-state index contributed by atoms with van der Waals surface area (Å²) in [4.78, 5) is 53.5. The minimum Gasteiger partial charge on any atom is -0.588 e. The molecule has 2 atom stereocenters. The number of aromatic nitrogens is 2. The summed E-state index contributed by atoms with van der Waals surface area (Å²) >= 11 is 0. The van der Waals surface area contributed by atoms with E-state index in [0.29, 0.717) is 5.56 Å². The molecule has 3 amide bonds. The van der Waals surface area contributed by atoms with Gasteiger partial charge in [0.15, 0.2) is 15.3 Å². The molecule has 13 heteroatoms. The maximum absolute atomic E-state index is 13.3. The number of fused-ring (bicyclic) bond motifs is 1. The predicted octanol–water partition coefficient (Wildman–Crippen LogP) is 2.72. The first kappa shape index (κ1) is 27.9. The van der Waals surface area contributed by atoms with Gasteiger partial charge in [0, 0.05) is 13.0 Å². The van der Waals surface area contributed by atoms with Gasteiger partial charge in [-0.1, -0.05) is 22.4 Å². The van der Waals surface area contributed by atoms with Crippen LogP contribution in [0.25, 0.3) is 10.9 Å². The quantitative estimate of drug-likeness (QED) is 0.308. The molecule has 12 nitrogen and oxygen atoms in total. The fourth-order valence-electron chi connectivity index (χ4n) is 4.19. The number of nitrogens with one attached hydrogen (secondary N) is 3. The predicted molar refractivity (Wildman–Crippen MR) is 142 cm³/mol. The van der Waals surface area contributed by atoms with E-state index in [-0.39, 0.29) is 46.7 Å². The molecular formula is C26H29N5O7S. The summed E-state index contributed by atoms with van der Waals surface area (Å²) in [6, 6.07) is 9.53. The zero-order valence-electron chi connectivity index (χ0n) is 21.9. The van der Waals surface area contributed by atoms with Crippen LogP contribution in [0.3, 0.4) is 0 Å². The highest BCUT2D eigenvalue weighted by Crippen LogP contribution is 2.27. The van der Waals surface area contributed by atoms with Gasteiger partial charge in [-0.15, -0.1) is 0 Å². The van der Waals surface area contributed by atoms with Crippen LogP contribution in [0.15, 0.2) is 52.2 Å². The number of imide groups is 1. The summed E-state index contributed by atoms with van der Waals surface area (Å²) in [7, 11) is -4.06. The Kier molecular flexibility index (Phi) is 7.57. The first-order valence-corrected chi connectivity index (χ1v) is 13.7. The van der Waals surface area contributed by atoms with Crippen molar-refractivity contribution in [1.29, 1.82) is 0 Å². The van der Waals surface area contributed by atoms with Crippen molar-refractivity contribution < 1.29 is 27.9 Å². The van der Waals surface area contributed by atoms with Gasteiger partial charge in [-0.05, 0) is 63.9 Å². The Labute approximate surface area is 225 Å². The van der Waals surface area contributed by atoms with Gasteiger partial charge >= 0.3 is 6.09 Å². The van der Waals surface area contributed by atoms with Crippen molar-refractivity contribution in [3.05, 3.63) is 64.2 Å². The number of carbonyl (C=O) groups is 3. The maximum atomic E-state index is 13.3. The van der Waals surface area contributed by atoms with Crippen LogP contribution in [0.2, 0.25) is 0 Å². The minimum absolute atomic E-state index is 0.0332. The molecule has 1 aliphatic heterocycles. The molecule has 3 aromatic rings. The number of rotatable bonds is 6. The number of alkyl carbamates (subject to hydrolysis) is 1. The lowest BCUT2D eigenvalue weighted by atomic mass is 10.1. The Morgan fingerprint density at radius 3 is 2.51 bits per heavy atom. The molecular weight excluding hydrogens is 526 g/mol. The van der Waals surface area contributed by atoms with Crippen LogP contribution in [0.5, 0.6) is 0 Å². The van der Waals surface area contributed by atoms with Gasteiger partial charge in [0.05, 0.1) is 5.39 Å². The molecule has 1 aromatic heterocycles. The fourth-order valence-corrected chi connectivity index (χ4v) is 5.25. The van der Waals surface area contributed by atoms with E-state index in [1.54, 1.807) is 39.8 Å². The summed E-state index contributed by atoms with van der Waals surface area (Å²) in [5.74, 6) is -0.783. The van der Waals surface area contributed by atoms with Gasteiger partial charge in [0.2, 0.25) is 11.8 Å². The Morgan fingerprint density at radius 2 is 1.87 bits per heavy atom. The monoisotopic (exact) mass is 555 g/mol. The zero-order chi connectivity index (χ0) is 28.5. The van der Waals surface area contributed by atoms with E-state index in [1.807, 2.05) is 0 Å². The Balaban J connectivity index is 1.56. The standard InChI is InChI=1S/C26H29N5O7S/c1-15-28-22-18(24(34)31(15)20-12-13-21(32)29-23(20)33)6-5-7-19(22)30-39(36,37)17-10-8-16(9-11-17)14-27-25(35)38-26(2,3)4/h5-11,20H,12-14H2,1-4H3,(H3-,27,29,30,32,33,35,36,37). The van der Waals surface area contributed by atoms with Crippen LogP contribution >= 0.6 is 0 Å². The van der Waals surface area contributed by atoms with Crippen LogP contribution in [-0.2, 0) is 35.5 Å². The van der Waals surface area contributed by atoms with E-state index in [2.05, 4.69) is 20.3 Å². The highest BCUT2D eigenvalue weighted by molar-refractivity contribution is 7.99. The van der Waals surface area contributed by atoms with Crippen molar-refractivity contribution in [3.63, 3.8) is 0 Å². The highest BCUT2D eigenvalue weighted by Gasteiger charge is 2.31. The van der Waals surface area contributed by atoms with Gasteiger partial charge in [-0.25, -0.2) is 14.5 Å². The van der Waals surface area contributed by atoms with Crippen LogP contribution in [0.1, 0.15) is 51.0 Å². The van der Waals surface area contributed by atoms with Gasteiger partial charge in [-0.3, -0.25) is 24.3 Å². The molecule has 0 bridgehead atoms. The number of amides is 3. The Morgan fingerprint density at radius 1 is 1.18 bits per heavy atom. The van der Waals surface area contributed by atoms with Crippen LogP contribution in [0, 0.1) is 6.92 Å². The second kappa shape index (κ2) is 10.6. The molecule has 0 radical (unpaired) electrons. The topological polar surface area (TPSA) is 172 Å². The molecule has 0 aliphatic carbocycles. The average Bonchev–Trinajstić information content (AvgIpc) is 2.83. The third-order valence-electron chi connectivity index (χ3n) is 5.94. The minimum atomic E-state index is -4.06. The molecule has 2 unspecified atom stereocenters. The molecule has 1 saturated heterocycles. The number of anilines is 1. The smallest absolute Gasteiger partial charge is 0.407 e. The normalized spacial score (nSPS) is 17.3. The number of hydrogen-bond donors (Lipinski definition) is 3. The number of hydrogen-bond acceptors (Lipinski definition) is 8. The lowest BCUT2D eigenvalue weighted by Crippen LogP contribution is -2.45. The summed E-state index contributed by atoms with van der Waals surface area (Å²) in [6.45, 7) is 6.94. The molecule has 206 valence electrons. The number of sulfonamides is 1. The van der Waals surface area contributed by atoms with Crippen LogP contribution < -0.4 is 20.9 Å². The first-order valence-electron chi connectivity index (χ1n) is 12.2. The van der Waals surface area contributed by atoms with Crippen LogP contribution in [0.4, 0.5) is 10.5 Å². The zero-order valence-corrected chi connectivity index (χ0v) is 22.7.